The van der Waals surface area contributed by atoms with E-state index in [1.54, 1.807) is 0 Å². The number of carbonyl (C=O) groups excluding carboxylic acids is 1. The van der Waals surface area contributed by atoms with Gasteiger partial charge in [-0.2, -0.15) is 0 Å². The van der Waals surface area contributed by atoms with Crippen LogP contribution < -0.4 is 0 Å². The molecule has 2 heteroatoms. The number of fused-ring (bicyclic) bond motifs is 1. The lowest BCUT2D eigenvalue weighted by Gasteiger charge is -2.16. The molecule has 0 aliphatic heterocycles. The fourth-order valence-electron chi connectivity index (χ4n) is 4.35. The molecular formula is C27H28O2. The van der Waals surface area contributed by atoms with E-state index in [0.717, 1.165) is 35.1 Å². The van der Waals surface area contributed by atoms with Crippen molar-refractivity contribution in [3.05, 3.63) is 88.7 Å². The quantitative estimate of drug-likeness (QED) is 0.439. The molecule has 148 valence electrons. The molecule has 1 unspecified atom stereocenters. The second-order valence-electron chi connectivity index (χ2n) is 8.18. The Morgan fingerprint density at radius 2 is 1.83 bits per heavy atom. The van der Waals surface area contributed by atoms with Gasteiger partial charge >= 0.3 is 0 Å². The molecule has 0 saturated heterocycles. The molecule has 2 aromatic carbocycles. The van der Waals surface area contributed by atoms with Crippen LogP contribution >= 0.6 is 0 Å². The first-order chi connectivity index (χ1) is 14.0. The topological polar surface area (TPSA) is 30.2 Å². The summed E-state index contributed by atoms with van der Waals surface area (Å²) in [6.07, 6.45) is 7.33. The zero-order valence-electron chi connectivity index (χ0n) is 17.5. The first-order valence-corrected chi connectivity index (χ1v) is 10.5. The van der Waals surface area contributed by atoms with Crippen LogP contribution in [0.15, 0.2) is 70.7 Å². The van der Waals surface area contributed by atoms with Crippen LogP contribution in [-0.2, 0) is 11.2 Å². The van der Waals surface area contributed by atoms with Gasteiger partial charge in [-0.1, -0.05) is 66.1 Å². The minimum absolute atomic E-state index is 0.305. The van der Waals surface area contributed by atoms with E-state index < -0.39 is 0 Å². The van der Waals surface area contributed by atoms with Crippen LogP contribution in [0.25, 0.3) is 16.5 Å². The number of rotatable bonds is 7. The van der Waals surface area contributed by atoms with Gasteiger partial charge in [0.2, 0.25) is 0 Å². The van der Waals surface area contributed by atoms with Crippen LogP contribution in [0.1, 0.15) is 48.6 Å². The van der Waals surface area contributed by atoms with Crippen molar-refractivity contribution < 1.29 is 9.21 Å². The number of allylic oxidation sites excluding steroid dienone is 4. The maximum absolute atomic E-state index is 12.5. The summed E-state index contributed by atoms with van der Waals surface area (Å²) in [5, 5.41) is 1.15. The summed E-state index contributed by atoms with van der Waals surface area (Å²) in [5.41, 5.74) is 7.07. The third-order valence-electron chi connectivity index (χ3n) is 5.84. The lowest BCUT2D eigenvalue weighted by molar-refractivity contribution is -0.118. The molecule has 0 N–H and O–H groups in total. The van der Waals surface area contributed by atoms with Gasteiger partial charge in [0.1, 0.15) is 17.1 Å². The predicted octanol–water partition coefficient (Wildman–Crippen LogP) is 6.99. The Bertz CT molecular complexity index is 1110. The number of aryl methyl sites for hydroxylation is 2. The Morgan fingerprint density at radius 1 is 1.00 bits per heavy atom. The van der Waals surface area contributed by atoms with E-state index in [4.69, 9.17) is 4.42 Å². The van der Waals surface area contributed by atoms with Gasteiger partial charge in [0.25, 0.3) is 0 Å². The molecule has 0 radical (unpaired) electrons. The van der Waals surface area contributed by atoms with Crippen molar-refractivity contribution in [3.8, 4) is 0 Å². The van der Waals surface area contributed by atoms with Crippen molar-refractivity contribution in [3.63, 3.8) is 0 Å². The largest absolute Gasteiger partial charge is 0.456 e. The average Bonchev–Trinajstić information content (AvgIpc) is 3.29. The molecule has 1 aliphatic carbocycles. The molecule has 0 spiro atoms. The van der Waals surface area contributed by atoms with Gasteiger partial charge in [-0.15, -0.1) is 0 Å². The molecule has 3 aromatic rings. The summed E-state index contributed by atoms with van der Waals surface area (Å²) >= 11 is 0. The van der Waals surface area contributed by atoms with Crippen molar-refractivity contribution in [2.45, 2.75) is 46.5 Å². The number of hydrogen-bond acceptors (Lipinski definition) is 2. The van der Waals surface area contributed by atoms with Crippen LogP contribution in [0.5, 0.6) is 0 Å². The van der Waals surface area contributed by atoms with E-state index >= 15 is 0 Å². The number of ketones is 1. The lowest BCUT2D eigenvalue weighted by Crippen LogP contribution is -2.07. The van der Waals surface area contributed by atoms with Gasteiger partial charge in [-0.25, -0.2) is 0 Å². The molecule has 0 saturated carbocycles. The highest BCUT2D eigenvalue weighted by Gasteiger charge is 2.25. The molecule has 4 rings (SSSR count). The van der Waals surface area contributed by atoms with E-state index in [-0.39, 0.29) is 0 Å². The van der Waals surface area contributed by atoms with Crippen LogP contribution in [0.3, 0.4) is 0 Å². The van der Waals surface area contributed by atoms with Crippen LogP contribution in [-0.4, -0.2) is 5.78 Å². The number of benzene rings is 2. The molecule has 0 amide bonds. The SMILES string of the molecule is CCC1C(CCC(=O)Cc2cccc(C)c2)=CC=C1c1cc2cc(C)ccc2o1. The third kappa shape index (κ3) is 4.27. The van der Waals surface area contributed by atoms with Gasteiger partial charge in [0.15, 0.2) is 0 Å². The smallest absolute Gasteiger partial charge is 0.137 e. The van der Waals surface area contributed by atoms with E-state index in [1.165, 1.54) is 22.3 Å². The number of furan rings is 1. The van der Waals surface area contributed by atoms with E-state index in [1.807, 2.05) is 18.2 Å². The van der Waals surface area contributed by atoms with Gasteiger partial charge < -0.3 is 4.42 Å². The fourth-order valence-corrected chi connectivity index (χ4v) is 4.35. The molecule has 0 fully saturated rings. The van der Waals surface area contributed by atoms with Gasteiger partial charge in [0.05, 0.1) is 0 Å². The highest BCUT2D eigenvalue weighted by atomic mass is 16.3. The molecule has 29 heavy (non-hydrogen) atoms. The normalized spacial score (nSPS) is 16.2. The second-order valence-corrected chi connectivity index (χ2v) is 8.18. The lowest BCUT2D eigenvalue weighted by atomic mass is 9.88. The van der Waals surface area contributed by atoms with Crippen molar-refractivity contribution in [2.24, 2.45) is 5.92 Å². The summed E-state index contributed by atoms with van der Waals surface area (Å²) in [5.74, 6) is 1.59. The first kappa shape index (κ1) is 19.4. The minimum Gasteiger partial charge on any atom is -0.456 e. The maximum Gasteiger partial charge on any atom is 0.137 e. The van der Waals surface area contributed by atoms with E-state index in [9.17, 15) is 4.79 Å². The zero-order chi connectivity index (χ0) is 20.4. The summed E-state index contributed by atoms with van der Waals surface area (Å²) in [6, 6.07) is 16.7. The highest BCUT2D eigenvalue weighted by molar-refractivity contribution is 5.85. The Kier molecular flexibility index (Phi) is 5.53. The predicted molar refractivity (Wildman–Crippen MR) is 120 cm³/mol. The van der Waals surface area contributed by atoms with E-state index in [0.29, 0.717) is 24.5 Å². The Balaban J connectivity index is 1.41. The fraction of sp³-hybridized carbons (Fsp3) is 0.296. The summed E-state index contributed by atoms with van der Waals surface area (Å²) in [6.45, 7) is 6.37. The van der Waals surface area contributed by atoms with Crippen molar-refractivity contribution in [1.82, 2.24) is 0 Å². The molecule has 2 nitrogen and oxygen atoms in total. The van der Waals surface area contributed by atoms with Gasteiger partial charge in [0, 0.05) is 29.7 Å². The number of Topliss-reactive ketones (excluding diaryl/α,β-unsaturated/α-hetero) is 1. The molecule has 1 atom stereocenters. The highest BCUT2D eigenvalue weighted by Crippen LogP contribution is 2.40. The van der Waals surface area contributed by atoms with Gasteiger partial charge in [-0.3, -0.25) is 4.79 Å². The summed E-state index contributed by atoms with van der Waals surface area (Å²) < 4.78 is 6.13. The molecule has 1 aliphatic rings. The average molecular weight is 385 g/mol. The molecule has 0 bridgehead atoms. The molecule has 1 heterocycles. The molecular weight excluding hydrogens is 356 g/mol. The first-order valence-electron chi connectivity index (χ1n) is 10.5. The van der Waals surface area contributed by atoms with E-state index in [2.05, 4.69) is 63.3 Å². The van der Waals surface area contributed by atoms with Crippen molar-refractivity contribution in [1.29, 1.82) is 0 Å². The van der Waals surface area contributed by atoms with Crippen LogP contribution in [0.2, 0.25) is 0 Å². The van der Waals surface area contributed by atoms with Crippen LogP contribution in [0.4, 0.5) is 0 Å². The summed E-state index contributed by atoms with van der Waals surface area (Å²) in [4.78, 5) is 12.5. The minimum atomic E-state index is 0.305. The Morgan fingerprint density at radius 3 is 2.62 bits per heavy atom. The van der Waals surface area contributed by atoms with Crippen LogP contribution in [0, 0.1) is 19.8 Å². The zero-order valence-corrected chi connectivity index (χ0v) is 17.5. The Labute approximate surface area is 172 Å². The number of hydrogen-bond donors (Lipinski definition) is 0. The molecule has 1 aromatic heterocycles. The van der Waals surface area contributed by atoms with Crippen molar-refractivity contribution >= 4 is 22.3 Å². The Hall–Kier alpha value is -2.87. The maximum atomic E-state index is 12.5. The number of carbonyl (C=O) groups is 1. The monoisotopic (exact) mass is 384 g/mol. The standard InChI is InChI=1S/C27H28O2/c1-4-24-21(9-11-23(28)16-20-7-5-6-18(2)14-20)10-12-25(24)27-17-22-15-19(3)8-13-26(22)29-27/h5-8,10,12-15,17,24H,4,9,11,16H2,1-3H3. The van der Waals surface area contributed by atoms with Crippen molar-refractivity contribution in [2.75, 3.05) is 0 Å². The second kappa shape index (κ2) is 8.24. The third-order valence-corrected chi connectivity index (χ3v) is 5.84. The van der Waals surface area contributed by atoms with Gasteiger partial charge in [-0.05, 0) is 50.5 Å². The summed E-state index contributed by atoms with van der Waals surface area (Å²) in [7, 11) is 0.